The Kier molecular flexibility index (Phi) is 7.28. The number of halogens is 1. The molecule has 0 aromatic heterocycles. The third-order valence-corrected chi connectivity index (χ3v) is 3.38. The number of aliphatic hydroxyl groups excluding tert-OH is 1. The number of nitrogens with zero attached hydrogens (tertiary/aromatic N) is 1. The highest BCUT2D eigenvalue weighted by molar-refractivity contribution is 5.38. The normalized spacial score (nSPS) is 12.1. The number of aliphatic hydroxyl groups is 1. The van der Waals surface area contributed by atoms with Crippen molar-refractivity contribution >= 4 is 0 Å². The molecule has 0 amide bonds. The van der Waals surface area contributed by atoms with E-state index in [1.165, 1.54) is 6.07 Å². The molecule has 0 saturated heterocycles. The van der Waals surface area contributed by atoms with Crippen molar-refractivity contribution < 1.29 is 9.50 Å². The topological polar surface area (TPSA) is 23.5 Å². The van der Waals surface area contributed by atoms with Crippen molar-refractivity contribution in [3.63, 3.8) is 0 Å². The summed E-state index contributed by atoms with van der Waals surface area (Å²) in [6.45, 7) is 5.17. The summed E-state index contributed by atoms with van der Waals surface area (Å²) in [7, 11) is 2.08. The maximum absolute atomic E-state index is 13.6. The van der Waals surface area contributed by atoms with Crippen molar-refractivity contribution in [3.8, 4) is 11.8 Å². The van der Waals surface area contributed by atoms with E-state index in [0.29, 0.717) is 18.0 Å². The van der Waals surface area contributed by atoms with Gasteiger partial charge in [-0.3, -0.25) is 4.90 Å². The molecule has 1 atom stereocenters. The van der Waals surface area contributed by atoms with Crippen LogP contribution in [-0.2, 0) is 6.54 Å². The molecular formula is C17H24FNO. The van der Waals surface area contributed by atoms with E-state index in [-0.39, 0.29) is 12.4 Å². The third kappa shape index (κ3) is 5.32. The van der Waals surface area contributed by atoms with Crippen LogP contribution in [-0.4, -0.2) is 29.7 Å². The summed E-state index contributed by atoms with van der Waals surface area (Å²) in [6.07, 6.45) is 2.69. The van der Waals surface area contributed by atoms with Crippen LogP contribution in [0.15, 0.2) is 18.2 Å². The second kappa shape index (κ2) is 8.73. The minimum absolute atomic E-state index is 0.00554. The Morgan fingerprint density at radius 2 is 2.15 bits per heavy atom. The lowest BCUT2D eigenvalue weighted by molar-refractivity contribution is 0.237. The molecule has 3 heteroatoms. The van der Waals surface area contributed by atoms with Gasteiger partial charge in [-0.05, 0) is 38.1 Å². The fourth-order valence-electron chi connectivity index (χ4n) is 2.06. The first-order valence-corrected chi connectivity index (χ1v) is 7.16. The number of hydrogen-bond acceptors (Lipinski definition) is 2. The molecule has 1 aromatic carbocycles. The van der Waals surface area contributed by atoms with Gasteiger partial charge in [-0.2, -0.15) is 0 Å². The van der Waals surface area contributed by atoms with Gasteiger partial charge in [-0.15, -0.1) is 0 Å². The molecule has 20 heavy (non-hydrogen) atoms. The molecule has 110 valence electrons. The Hall–Kier alpha value is -1.37. The smallest absolute Gasteiger partial charge is 0.138 e. The summed E-state index contributed by atoms with van der Waals surface area (Å²) in [6, 6.07) is 5.58. The van der Waals surface area contributed by atoms with E-state index in [9.17, 15) is 4.39 Å². The fraction of sp³-hybridized carbons (Fsp3) is 0.529. The summed E-state index contributed by atoms with van der Waals surface area (Å²) in [5.74, 6) is 5.24. The van der Waals surface area contributed by atoms with E-state index < -0.39 is 0 Å². The van der Waals surface area contributed by atoms with E-state index >= 15 is 0 Å². The van der Waals surface area contributed by atoms with E-state index in [1.807, 2.05) is 6.07 Å². The number of hydrogen-bond donors (Lipinski definition) is 1. The van der Waals surface area contributed by atoms with Crippen LogP contribution in [0.5, 0.6) is 0 Å². The lowest BCUT2D eigenvalue weighted by Crippen LogP contribution is -2.28. The number of benzene rings is 1. The first-order valence-electron chi connectivity index (χ1n) is 7.16. The predicted molar refractivity (Wildman–Crippen MR) is 80.8 cm³/mol. The fourth-order valence-corrected chi connectivity index (χ4v) is 2.06. The van der Waals surface area contributed by atoms with Crippen LogP contribution in [0.2, 0.25) is 0 Å². The van der Waals surface area contributed by atoms with Gasteiger partial charge in [-0.1, -0.05) is 31.3 Å². The highest BCUT2D eigenvalue weighted by atomic mass is 19.1. The second-order valence-electron chi connectivity index (χ2n) is 5.14. The van der Waals surface area contributed by atoms with Crippen LogP contribution in [0.4, 0.5) is 4.39 Å². The first kappa shape index (κ1) is 16.7. The Morgan fingerprint density at radius 3 is 2.80 bits per heavy atom. The van der Waals surface area contributed by atoms with E-state index in [0.717, 1.165) is 24.9 Å². The largest absolute Gasteiger partial charge is 0.395 e. The van der Waals surface area contributed by atoms with Crippen LogP contribution in [0.3, 0.4) is 0 Å². The molecule has 0 bridgehead atoms. The van der Waals surface area contributed by atoms with Crippen LogP contribution in [0, 0.1) is 17.7 Å². The van der Waals surface area contributed by atoms with Crippen molar-refractivity contribution in [1.82, 2.24) is 4.90 Å². The van der Waals surface area contributed by atoms with Crippen molar-refractivity contribution in [2.45, 2.75) is 45.7 Å². The summed E-state index contributed by atoms with van der Waals surface area (Å²) in [5, 5.41) is 8.70. The zero-order valence-corrected chi connectivity index (χ0v) is 12.6. The standard InChI is InChI=1S/C17H24FNO/c1-4-7-14(2)19(3)13-15-9-10-17(18)16(12-15)8-5-6-11-20/h9-10,12,14,20H,4,6-7,11,13H2,1-3H3. The minimum Gasteiger partial charge on any atom is -0.395 e. The van der Waals surface area contributed by atoms with Crippen molar-refractivity contribution in [3.05, 3.63) is 35.1 Å². The van der Waals surface area contributed by atoms with Gasteiger partial charge >= 0.3 is 0 Å². The highest BCUT2D eigenvalue weighted by Gasteiger charge is 2.09. The first-order chi connectivity index (χ1) is 9.58. The average Bonchev–Trinajstić information content (AvgIpc) is 2.42. The molecule has 2 nitrogen and oxygen atoms in total. The average molecular weight is 277 g/mol. The van der Waals surface area contributed by atoms with Crippen molar-refractivity contribution in [2.24, 2.45) is 0 Å². The Bertz CT molecular complexity index is 476. The van der Waals surface area contributed by atoms with Crippen LogP contribution in [0.1, 0.15) is 44.2 Å². The summed E-state index contributed by atoms with van der Waals surface area (Å²) in [5.41, 5.74) is 1.47. The van der Waals surface area contributed by atoms with Crippen LogP contribution in [0.25, 0.3) is 0 Å². The molecule has 1 aromatic rings. The SMILES string of the molecule is CCCC(C)N(C)Cc1ccc(F)c(C#CCCO)c1. The lowest BCUT2D eigenvalue weighted by atomic mass is 10.1. The van der Waals surface area contributed by atoms with Gasteiger partial charge in [-0.25, -0.2) is 4.39 Å². The Balaban J connectivity index is 2.77. The van der Waals surface area contributed by atoms with Crippen LogP contribution < -0.4 is 0 Å². The van der Waals surface area contributed by atoms with Gasteiger partial charge in [0.25, 0.3) is 0 Å². The summed E-state index contributed by atoms with van der Waals surface area (Å²) < 4.78 is 13.6. The number of rotatable bonds is 6. The minimum atomic E-state index is -0.302. The van der Waals surface area contributed by atoms with Gasteiger partial charge in [0, 0.05) is 19.0 Å². The molecular weight excluding hydrogens is 253 g/mol. The summed E-state index contributed by atoms with van der Waals surface area (Å²) >= 11 is 0. The molecule has 0 heterocycles. The maximum atomic E-state index is 13.6. The summed E-state index contributed by atoms with van der Waals surface area (Å²) in [4.78, 5) is 2.27. The van der Waals surface area contributed by atoms with Gasteiger partial charge in [0.15, 0.2) is 0 Å². The highest BCUT2D eigenvalue weighted by Crippen LogP contribution is 2.14. The molecule has 0 aliphatic heterocycles. The molecule has 1 N–H and O–H groups in total. The zero-order valence-electron chi connectivity index (χ0n) is 12.6. The quantitative estimate of drug-likeness (QED) is 0.807. The van der Waals surface area contributed by atoms with E-state index in [2.05, 4.69) is 37.6 Å². The molecule has 1 unspecified atom stereocenters. The maximum Gasteiger partial charge on any atom is 0.138 e. The molecule has 0 radical (unpaired) electrons. The van der Waals surface area contributed by atoms with Gasteiger partial charge in [0.05, 0.1) is 12.2 Å². The van der Waals surface area contributed by atoms with Crippen molar-refractivity contribution in [1.29, 1.82) is 0 Å². The van der Waals surface area contributed by atoms with Crippen molar-refractivity contribution in [2.75, 3.05) is 13.7 Å². The monoisotopic (exact) mass is 277 g/mol. The van der Waals surface area contributed by atoms with Gasteiger partial charge in [0.1, 0.15) is 5.82 Å². The third-order valence-electron chi connectivity index (χ3n) is 3.38. The molecule has 0 fully saturated rings. The molecule has 0 saturated carbocycles. The van der Waals surface area contributed by atoms with Gasteiger partial charge < -0.3 is 5.11 Å². The van der Waals surface area contributed by atoms with E-state index in [1.54, 1.807) is 6.07 Å². The zero-order chi connectivity index (χ0) is 15.0. The Labute approximate surface area is 121 Å². The Morgan fingerprint density at radius 1 is 1.40 bits per heavy atom. The molecule has 0 aliphatic rings. The molecule has 1 rings (SSSR count). The van der Waals surface area contributed by atoms with E-state index in [4.69, 9.17) is 5.11 Å². The lowest BCUT2D eigenvalue weighted by Gasteiger charge is -2.24. The second-order valence-corrected chi connectivity index (χ2v) is 5.14. The molecule has 0 spiro atoms. The van der Waals surface area contributed by atoms with Crippen LogP contribution >= 0.6 is 0 Å². The predicted octanol–water partition coefficient (Wildman–Crippen LogP) is 3.18. The van der Waals surface area contributed by atoms with Gasteiger partial charge in [0.2, 0.25) is 0 Å². The molecule has 0 aliphatic carbocycles.